The fraction of sp³-hybridized carbons (Fsp3) is 0.176. The summed E-state index contributed by atoms with van der Waals surface area (Å²) in [6.07, 6.45) is 0.368. The maximum Gasteiger partial charge on any atom is 0.251 e. The Hall–Kier alpha value is -2.42. The average molecular weight is 264 g/mol. The lowest BCUT2D eigenvalue weighted by Crippen LogP contribution is -2.16. The predicted molar refractivity (Wildman–Crippen MR) is 80.0 cm³/mol. The van der Waals surface area contributed by atoms with E-state index in [1.165, 1.54) is 10.1 Å². The van der Waals surface area contributed by atoms with Crippen molar-refractivity contribution in [3.8, 4) is 0 Å². The first kappa shape index (κ1) is 12.6. The van der Waals surface area contributed by atoms with Crippen molar-refractivity contribution in [2.45, 2.75) is 20.3 Å². The molecule has 3 aromatic rings. The number of nitrogens with zero attached hydrogens (tertiary/aromatic N) is 2. The molecule has 0 bridgehead atoms. The molecule has 0 fully saturated rings. The Morgan fingerprint density at radius 1 is 1.05 bits per heavy atom. The first-order valence-electron chi connectivity index (χ1n) is 6.67. The molecule has 3 heteroatoms. The van der Waals surface area contributed by atoms with Crippen LogP contribution in [-0.2, 0) is 6.42 Å². The SMILES string of the molecule is Cc1cc(C)n(C(=O)Cc2ccc3ccccc3c2)n1. The zero-order valence-corrected chi connectivity index (χ0v) is 11.6. The molecule has 1 heterocycles. The predicted octanol–water partition coefficient (Wildman–Crippen LogP) is 3.54. The van der Waals surface area contributed by atoms with Gasteiger partial charge in [-0.15, -0.1) is 0 Å². The summed E-state index contributed by atoms with van der Waals surface area (Å²) in [5, 5.41) is 6.58. The Morgan fingerprint density at radius 2 is 1.80 bits per heavy atom. The van der Waals surface area contributed by atoms with Gasteiger partial charge in [-0.1, -0.05) is 42.5 Å². The maximum absolute atomic E-state index is 12.3. The molecule has 0 amide bonds. The van der Waals surface area contributed by atoms with Gasteiger partial charge in [-0.2, -0.15) is 5.10 Å². The molecule has 3 nitrogen and oxygen atoms in total. The molecule has 0 N–H and O–H groups in total. The van der Waals surface area contributed by atoms with Crippen LogP contribution in [0.3, 0.4) is 0 Å². The van der Waals surface area contributed by atoms with Gasteiger partial charge in [0.1, 0.15) is 0 Å². The monoisotopic (exact) mass is 264 g/mol. The third-order valence-corrected chi connectivity index (χ3v) is 3.42. The number of carbonyl (C=O) groups excluding carboxylic acids is 1. The van der Waals surface area contributed by atoms with Gasteiger partial charge in [-0.3, -0.25) is 4.79 Å². The van der Waals surface area contributed by atoms with Gasteiger partial charge in [0.25, 0.3) is 5.91 Å². The standard InChI is InChI=1S/C17H16N2O/c1-12-9-13(2)19(18-12)17(20)11-14-7-8-15-5-3-4-6-16(15)10-14/h3-10H,11H2,1-2H3. The number of carbonyl (C=O) groups is 1. The average Bonchev–Trinajstić information content (AvgIpc) is 2.78. The molecule has 0 atom stereocenters. The number of hydrogen-bond acceptors (Lipinski definition) is 2. The molecule has 100 valence electrons. The second-order valence-corrected chi connectivity index (χ2v) is 5.09. The molecule has 0 saturated carbocycles. The van der Waals surface area contributed by atoms with Gasteiger partial charge in [0.15, 0.2) is 0 Å². The van der Waals surface area contributed by atoms with Crippen molar-refractivity contribution in [1.82, 2.24) is 9.78 Å². The lowest BCUT2D eigenvalue weighted by Gasteiger charge is -2.05. The number of fused-ring (bicyclic) bond motifs is 1. The van der Waals surface area contributed by atoms with Crippen LogP contribution < -0.4 is 0 Å². The molecule has 0 aliphatic heterocycles. The normalized spacial score (nSPS) is 10.9. The van der Waals surface area contributed by atoms with Crippen LogP contribution in [0.1, 0.15) is 21.7 Å². The Balaban J connectivity index is 1.89. The van der Waals surface area contributed by atoms with Gasteiger partial charge in [0.05, 0.1) is 12.1 Å². The summed E-state index contributed by atoms with van der Waals surface area (Å²) < 4.78 is 1.49. The third-order valence-electron chi connectivity index (χ3n) is 3.42. The van der Waals surface area contributed by atoms with E-state index in [1.54, 1.807) is 0 Å². The topological polar surface area (TPSA) is 34.9 Å². The maximum atomic E-state index is 12.3. The number of rotatable bonds is 2. The first-order chi connectivity index (χ1) is 9.63. The number of aromatic nitrogens is 2. The molecule has 20 heavy (non-hydrogen) atoms. The van der Waals surface area contributed by atoms with Crippen LogP contribution in [0.15, 0.2) is 48.5 Å². The molecule has 0 spiro atoms. The number of hydrogen-bond donors (Lipinski definition) is 0. The molecule has 0 unspecified atom stereocenters. The van der Waals surface area contributed by atoms with Crippen molar-refractivity contribution in [3.05, 3.63) is 65.5 Å². The minimum Gasteiger partial charge on any atom is -0.272 e. The lowest BCUT2D eigenvalue weighted by atomic mass is 10.0. The third kappa shape index (κ3) is 2.35. The van der Waals surface area contributed by atoms with Crippen LogP contribution >= 0.6 is 0 Å². The quantitative estimate of drug-likeness (QED) is 0.709. The molecular formula is C17H16N2O. The second kappa shape index (κ2) is 4.93. The van der Waals surface area contributed by atoms with E-state index in [0.29, 0.717) is 6.42 Å². The van der Waals surface area contributed by atoms with Gasteiger partial charge >= 0.3 is 0 Å². The van der Waals surface area contributed by atoms with Crippen LogP contribution in [0.5, 0.6) is 0 Å². The van der Waals surface area contributed by atoms with E-state index < -0.39 is 0 Å². The van der Waals surface area contributed by atoms with E-state index in [-0.39, 0.29) is 5.91 Å². The zero-order chi connectivity index (χ0) is 14.1. The lowest BCUT2D eigenvalue weighted by molar-refractivity contribution is 0.0895. The molecule has 1 aromatic heterocycles. The van der Waals surface area contributed by atoms with E-state index in [1.807, 2.05) is 38.1 Å². The molecule has 0 aliphatic rings. The van der Waals surface area contributed by atoms with Crippen molar-refractivity contribution >= 4 is 16.7 Å². The molecule has 2 aromatic carbocycles. The van der Waals surface area contributed by atoms with Gasteiger partial charge in [0.2, 0.25) is 0 Å². The van der Waals surface area contributed by atoms with Crippen LogP contribution in [-0.4, -0.2) is 15.7 Å². The Labute approximate surface area is 117 Å². The van der Waals surface area contributed by atoms with Crippen LogP contribution in [0.4, 0.5) is 0 Å². The van der Waals surface area contributed by atoms with Gasteiger partial charge in [-0.25, -0.2) is 4.68 Å². The van der Waals surface area contributed by atoms with E-state index in [2.05, 4.69) is 29.4 Å². The smallest absolute Gasteiger partial charge is 0.251 e. The van der Waals surface area contributed by atoms with Gasteiger partial charge in [0, 0.05) is 5.69 Å². The summed E-state index contributed by atoms with van der Waals surface area (Å²) in [6.45, 7) is 3.80. The highest BCUT2D eigenvalue weighted by molar-refractivity contribution is 5.86. The Kier molecular flexibility index (Phi) is 3.11. The van der Waals surface area contributed by atoms with Crippen molar-refractivity contribution in [2.75, 3.05) is 0 Å². The molecule has 0 aliphatic carbocycles. The van der Waals surface area contributed by atoms with Crippen LogP contribution in [0.25, 0.3) is 10.8 Å². The summed E-state index contributed by atoms with van der Waals surface area (Å²) in [7, 11) is 0. The van der Waals surface area contributed by atoms with Crippen molar-refractivity contribution in [2.24, 2.45) is 0 Å². The Bertz CT molecular complexity index is 787. The van der Waals surface area contributed by atoms with Crippen LogP contribution in [0, 0.1) is 13.8 Å². The summed E-state index contributed by atoms with van der Waals surface area (Å²) >= 11 is 0. The second-order valence-electron chi connectivity index (χ2n) is 5.09. The molecule has 0 saturated heterocycles. The number of aryl methyl sites for hydroxylation is 2. The number of benzene rings is 2. The minimum atomic E-state index is 0.00545. The van der Waals surface area contributed by atoms with Gasteiger partial charge in [-0.05, 0) is 36.2 Å². The minimum absolute atomic E-state index is 0.00545. The summed E-state index contributed by atoms with van der Waals surface area (Å²) in [5.74, 6) is 0.00545. The van der Waals surface area contributed by atoms with E-state index in [9.17, 15) is 4.79 Å². The van der Waals surface area contributed by atoms with E-state index in [4.69, 9.17) is 0 Å². The fourth-order valence-electron chi connectivity index (χ4n) is 2.48. The fourth-order valence-corrected chi connectivity index (χ4v) is 2.48. The van der Waals surface area contributed by atoms with Crippen molar-refractivity contribution < 1.29 is 4.79 Å². The van der Waals surface area contributed by atoms with Gasteiger partial charge < -0.3 is 0 Å². The highest BCUT2D eigenvalue weighted by Crippen LogP contribution is 2.16. The summed E-state index contributed by atoms with van der Waals surface area (Å²) in [6, 6.07) is 16.2. The largest absolute Gasteiger partial charge is 0.272 e. The van der Waals surface area contributed by atoms with E-state index >= 15 is 0 Å². The van der Waals surface area contributed by atoms with E-state index in [0.717, 1.165) is 22.3 Å². The highest BCUT2D eigenvalue weighted by Gasteiger charge is 2.11. The summed E-state index contributed by atoms with van der Waals surface area (Å²) in [5.41, 5.74) is 2.77. The Morgan fingerprint density at radius 3 is 2.50 bits per heavy atom. The van der Waals surface area contributed by atoms with Crippen molar-refractivity contribution in [1.29, 1.82) is 0 Å². The first-order valence-corrected chi connectivity index (χ1v) is 6.67. The zero-order valence-electron chi connectivity index (χ0n) is 11.6. The highest BCUT2D eigenvalue weighted by atomic mass is 16.2. The van der Waals surface area contributed by atoms with Crippen LogP contribution in [0.2, 0.25) is 0 Å². The molecule has 3 rings (SSSR count). The molecule has 0 radical (unpaired) electrons. The van der Waals surface area contributed by atoms with Crippen molar-refractivity contribution in [3.63, 3.8) is 0 Å². The molecular weight excluding hydrogens is 248 g/mol. The summed E-state index contributed by atoms with van der Waals surface area (Å²) in [4.78, 5) is 12.3.